The van der Waals surface area contributed by atoms with Crippen LogP contribution in [0.3, 0.4) is 0 Å². The number of nitrogens with zero attached hydrogens (tertiary/aromatic N) is 2. The smallest absolute Gasteiger partial charge is 0.162 e. The highest BCUT2D eigenvalue weighted by atomic mass is 16.5. The molecule has 0 aromatic carbocycles. The van der Waals surface area contributed by atoms with Crippen LogP contribution >= 0.6 is 0 Å². The first kappa shape index (κ1) is 15.9. The summed E-state index contributed by atoms with van der Waals surface area (Å²) >= 11 is 0. The second-order valence-electron chi connectivity index (χ2n) is 4.87. The van der Waals surface area contributed by atoms with Gasteiger partial charge in [0.05, 0.1) is 0 Å². The van der Waals surface area contributed by atoms with Gasteiger partial charge in [0.2, 0.25) is 0 Å². The third-order valence-corrected chi connectivity index (χ3v) is 3.31. The predicted octanol–water partition coefficient (Wildman–Crippen LogP) is 3.52. The van der Waals surface area contributed by atoms with Crippen molar-refractivity contribution in [2.24, 2.45) is 0 Å². The number of nitrogens with one attached hydrogen (secondary N) is 1. The summed E-state index contributed by atoms with van der Waals surface area (Å²) in [5.41, 5.74) is 0.658. The van der Waals surface area contributed by atoms with E-state index in [-0.39, 0.29) is 0 Å². The van der Waals surface area contributed by atoms with Gasteiger partial charge in [0.1, 0.15) is 11.4 Å². The van der Waals surface area contributed by atoms with Gasteiger partial charge in [-0.05, 0) is 33.1 Å². The third kappa shape index (κ3) is 4.16. The molecule has 1 rings (SSSR count). The van der Waals surface area contributed by atoms with E-state index in [4.69, 9.17) is 4.74 Å². The molecule has 0 spiro atoms. The zero-order chi connectivity index (χ0) is 14.3. The first-order chi connectivity index (χ1) is 9.09. The lowest BCUT2D eigenvalue weighted by atomic mass is 10.0. The van der Waals surface area contributed by atoms with E-state index >= 15 is 0 Å². The molecule has 0 bridgehead atoms. The van der Waals surface area contributed by atoms with Crippen LogP contribution < -0.4 is 5.32 Å². The Morgan fingerprint density at radius 1 is 1.21 bits per heavy atom. The summed E-state index contributed by atoms with van der Waals surface area (Å²) < 4.78 is 5.87. The molecule has 1 N–H and O–H groups in total. The van der Waals surface area contributed by atoms with E-state index in [1.54, 1.807) is 0 Å². The molecular weight excluding hydrogens is 238 g/mol. The van der Waals surface area contributed by atoms with Crippen molar-refractivity contribution < 1.29 is 4.74 Å². The van der Waals surface area contributed by atoms with Gasteiger partial charge in [-0.15, -0.1) is 0 Å². The Labute approximate surface area is 117 Å². The summed E-state index contributed by atoms with van der Waals surface area (Å²) in [4.78, 5) is 9.28. The molecule has 0 fully saturated rings. The van der Waals surface area contributed by atoms with Gasteiger partial charge in [0.15, 0.2) is 5.82 Å². The van der Waals surface area contributed by atoms with Crippen LogP contribution in [0, 0.1) is 0 Å². The fourth-order valence-corrected chi connectivity index (χ4v) is 1.90. The molecule has 1 aromatic rings. The van der Waals surface area contributed by atoms with Crippen molar-refractivity contribution in [3.05, 3.63) is 17.6 Å². The highest BCUT2D eigenvalue weighted by Gasteiger charge is 2.29. The number of ether oxygens (including phenoxy) is 1. The van der Waals surface area contributed by atoms with Crippen molar-refractivity contribution >= 4 is 5.82 Å². The van der Waals surface area contributed by atoms with Crippen molar-refractivity contribution in [3.8, 4) is 0 Å². The number of rotatable bonds is 8. The van der Waals surface area contributed by atoms with Gasteiger partial charge in [-0.2, -0.15) is 0 Å². The minimum atomic E-state index is -0.400. The minimum absolute atomic E-state index is 0.400. The summed E-state index contributed by atoms with van der Waals surface area (Å²) in [6.45, 7) is 12.0. The molecule has 0 aliphatic rings. The minimum Gasteiger partial charge on any atom is -0.370 e. The lowest BCUT2D eigenvalue weighted by molar-refractivity contribution is -0.0390. The Morgan fingerprint density at radius 3 is 2.47 bits per heavy atom. The number of hydrogen-bond acceptors (Lipinski definition) is 4. The topological polar surface area (TPSA) is 47.0 Å². The molecule has 4 nitrogen and oxygen atoms in total. The van der Waals surface area contributed by atoms with Crippen LogP contribution in [0.15, 0.2) is 6.07 Å². The molecule has 0 aliphatic heterocycles. The van der Waals surface area contributed by atoms with Crippen LogP contribution in [0.2, 0.25) is 0 Å². The molecule has 0 amide bonds. The molecule has 0 saturated heterocycles. The summed E-state index contributed by atoms with van der Waals surface area (Å²) in [6, 6.07) is 2.03. The fraction of sp³-hybridized carbons (Fsp3) is 0.733. The highest BCUT2D eigenvalue weighted by molar-refractivity contribution is 5.36. The summed E-state index contributed by atoms with van der Waals surface area (Å²) in [7, 11) is 0. The zero-order valence-corrected chi connectivity index (χ0v) is 12.9. The average Bonchev–Trinajstić information content (AvgIpc) is 2.44. The van der Waals surface area contributed by atoms with E-state index in [2.05, 4.69) is 43.0 Å². The van der Waals surface area contributed by atoms with E-state index in [1.165, 1.54) is 0 Å². The summed E-state index contributed by atoms with van der Waals surface area (Å²) in [5, 5.41) is 3.34. The lowest BCUT2D eigenvalue weighted by Gasteiger charge is -2.27. The summed E-state index contributed by atoms with van der Waals surface area (Å²) in [5.74, 6) is 1.69. The van der Waals surface area contributed by atoms with Gasteiger partial charge >= 0.3 is 0 Å². The van der Waals surface area contributed by atoms with Gasteiger partial charge < -0.3 is 10.1 Å². The molecule has 0 radical (unpaired) electrons. The van der Waals surface area contributed by atoms with Crippen LogP contribution in [0.1, 0.15) is 59.0 Å². The fourth-order valence-electron chi connectivity index (χ4n) is 1.90. The quantitative estimate of drug-likeness (QED) is 0.781. The van der Waals surface area contributed by atoms with Crippen molar-refractivity contribution in [3.63, 3.8) is 0 Å². The van der Waals surface area contributed by atoms with Gasteiger partial charge in [-0.3, -0.25) is 0 Å². The lowest BCUT2D eigenvalue weighted by Crippen LogP contribution is -2.28. The monoisotopic (exact) mass is 265 g/mol. The van der Waals surface area contributed by atoms with Crippen molar-refractivity contribution in [1.82, 2.24) is 9.97 Å². The van der Waals surface area contributed by atoms with E-state index in [9.17, 15) is 0 Å². The zero-order valence-electron chi connectivity index (χ0n) is 12.9. The van der Waals surface area contributed by atoms with Crippen molar-refractivity contribution in [2.45, 2.75) is 59.5 Å². The average molecular weight is 265 g/mol. The van der Waals surface area contributed by atoms with Crippen LogP contribution in [0.4, 0.5) is 5.82 Å². The maximum absolute atomic E-state index is 5.87. The Bertz CT molecular complexity index is 395. The molecule has 4 heteroatoms. The number of hydrogen-bond donors (Lipinski definition) is 1. The first-order valence-corrected chi connectivity index (χ1v) is 7.35. The molecule has 108 valence electrons. The van der Waals surface area contributed by atoms with Crippen LogP contribution in [-0.4, -0.2) is 23.1 Å². The maximum Gasteiger partial charge on any atom is 0.162 e. The van der Waals surface area contributed by atoms with Crippen molar-refractivity contribution in [1.29, 1.82) is 0 Å². The third-order valence-electron chi connectivity index (χ3n) is 3.31. The molecular formula is C15H27N3O. The molecule has 1 heterocycles. The molecule has 0 saturated carbocycles. The second kappa shape index (κ2) is 7.43. The largest absolute Gasteiger partial charge is 0.370 e. The molecule has 1 unspecified atom stereocenters. The second-order valence-corrected chi connectivity index (χ2v) is 4.87. The predicted molar refractivity (Wildman–Crippen MR) is 79.5 cm³/mol. The Morgan fingerprint density at radius 2 is 1.95 bits per heavy atom. The SMILES string of the molecule is CCCNc1cc(CC)nc(C(C)(CC)OCC)n1. The molecule has 1 atom stereocenters. The van der Waals surface area contributed by atoms with Gasteiger partial charge in [0.25, 0.3) is 0 Å². The highest BCUT2D eigenvalue weighted by Crippen LogP contribution is 2.27. The standard InChI is InChI=1S/C15H27N3O/c1-6-10-16-13-11-12(7-2)17-14(18-13)15(5,8-3)19-9-4/h11H,6-10H2,1-5H3,(H,16,17,18). The van der Waals surface area contributed by atoms with E-state index in [0.29, 0.717) is 6.61 Å². The van der Waals surface area contributed by atoms with Crippen LogP contribution in [0.5, 0.6) is 0 Å². The van der Waals surface area contributed by atoms with E-state index in [0.717, 1.165) is 43.1 Å². The maximum atomic E-state index is 5.87. The van der Waals surface area contributed by atoms with Crippen LogP contribution in [0.25, 0.3) is 0 Å². The Kier molecular flexibility index (Phi) is 6.22. The van der Waals surface area contributed by atoms with Gasteiger partial charge in [-0.25, -0.2) is 9.97 Å². The number of anilines is 1. The van der Waals surface area contributed by atoms with Gasteiger partial charge in [-0.1, -0.05) is 20.8 Å². The van der Waals surface area contributed by atoms with E-state index < -0.39 is 5.60 Å². The number of aryl methyl sites for hydroxylation is 1. The Hall–Kier alpha value is -1.16. The van der Waals surface area contributed by atoms with Crippen LogP contribution in [-0.2, 0) is 16.8 Å². The Balaban J connectivity index is 3.10. The van der Waals surface area contributed by atoms with Crippen molar-refractivity contribution in [2.75, 3.05) is 18.5 Å². The van der Waals surface area contributed by atoms with E-state index in [1.807, 2.05) is 13.0 Å². The molecule has 0 aliphatic carbocycles. The van der Waals surface area contributed by atoms with Gasteiger partial charge in [0, 0.05) is 24.9 Å². The molecule has 1 aromatic heterocycles. The first-order valence-electron chi connectivity index (χ1n) is 7.35. The molecule has 19 heavy (non-hydrogen) atoms. The summed E-state index contributed by atoms with van der Waals surface area (Å²) in [6.07, 6.45) is 2.85. The normalized spacial score (nSPS) is 14.2. The number of aromatic nitrogens is 2.